The van der Waals surface area contributed by atoms with Crippen molar-refractivity contribution < 1.29 is 19.4 Å². The number of amides is 2. The number of carbonyl (C=O) groups is 2. The lowest BCUT2D eigenvalue weighted by Crippen LogP contribution is -2.45. The van der Waals surface area contributed by atoms with Crippen LogP contribution < -0.4 is 10.6 Å². The van der Waals surface area contributed by atoms with E-state index in [0.29, 0.717) is 12.3 Å². The fourth-order valence-electron chi connectivity index (χ4n) is 1.97. The third-order valence-electron chi connectivity index (χ3n) is 2.99. The predicted octanol–water partition coefficient (Wildman–Crippen LogP) is 0.758. The second kappa shape index (κ2) is 6.85. The molecule has 108 valence electrons. The lowest BCUT2D eigenvalue weighted by atomic mass is 10.1. The summed E-state index contributed by atoms with van der Waals surface area (Å²) >= 11 is 0. The van der Waals surface area contributed by atoms with Gasteiger partial charge in [-0.05, 0) is 25.0 Å². The largest absolute Gasteiger partial charge is 0.478 e. The van der Waals surface area contributed by atoms with E-state index in [4.69, 9.17) is 9.84 Å². The maximum Gasteiger partial charge on any atom is 0.335 e. The molecule has 20 heavy (non-hydrogen) atoms. The van der Waals surface area contributed by atoms with Crippen molar-refractivity contribution >= 4 is 12.0 Å². The number of carbonyl (C=O) groups excluding carboxylic acids is 1. The van der Waals surface area contributed by atoms with E-state index in [9.17, 15) is 9.59 Å². The van der Waals surface area contributed by atoms with Gasteiger partial charge in [0.25, 0.3) is 0 Å². The maximum atomic E-state index is 11.7. The Morgan fingerprint density at radius 2 is 2.35 bits per heavy atom. The van der Waals surface area contributed by atoms with Gasteiger partial charge >= 0.3 is 12.0 Å². The van der Waals surface area contributed by atoms with Gasteiger partial charge in [-0.1, -0.05) is 0 Å². The summed E-state index contributed by atoms with van der Waals surface area (Å²) in [5.41, 5.74) is 0.651. The minimum absolute atomic E-state index is 0.0297. The highest BCUT2D eigenvalue weighted by Crippen LogP contribution is 2.05. The number of aromatic carboxylic acids is 1. The summed E-state index contributed by atoms with van der Waals surface area (Å²) < 4.78 is 5.27. The number of carboxylic acid groups (broad SMARTS) is 1. The van der Waals surface area contributed by atoms with Gasteiger partial charge in [0, 0.05) is 12.8 Å². The van der Waals surface area contributed by atoms with Crippen LogP contribution in [0.3, 0.4) is 0 Å². The molecule has 1 atom stereocenters. The molecule has 1 unspecified atom stereocenters. The number of rotatable bonds is 4. The van der Waals surface area contributed by atoms with E-state index in [-0.39, 0.29) is 24.2 Å². The lowest BCUT2D eigenvalue weighted by molar-refractivity contribution is 0.0696. The van der Waals surface area contributed by atoms with E-state index < -0.39 is 5.97 Å². The number of pyridine rings is 1. The zero-order chi connectivity index (χ0) is 14.4. The summed E-state index contributed by atoms with van der Waals surface area (Å²) in [7, 11) is 0. The van der Waals surface area contributed by atoms with Crippen molar-refractivity contribution in [2.75, 3.05) is 13.2 Å². The average Bonchev–Trinajstić information content (AvgIpc) is 2.46. The number of hydrogen-bond donors (Lipinski definition) is 3. The Bertz CT molecular complexity index is 486. The Kier molecular flexibility index (Phi) is 4.89. The quantitative estimate of drug-likeness (QED) is 0.755. The van der Waals surface area contributed by atoms with Crippen molar-refractivity contribution in [1.82, 2.24) is 15.6 Å². The van der Waals surface area contributed by atoms with Crippen LogP contribution in [0.4, 0.5) is 4.79 Å². The number of ether oxygens (including phenoxy) is 1. The first kappa shape index (κ1) is 14.3. The molecule has 0 aromatic carbocycles. The van der Waals surface area contributed by atoms with E-state index in [1.54, 1.807) is 0 Å². The Morgan fingerprint density at radius 3 is 3.05 bits per heavy atom. The molecule has 2 rings (SSSR count). The van der Waals surface area contributed by atoms with Crippen LogP contribution in [0, 0.1) is 0 Å². The van der Waals surface area contributed by atoms with Crippen LogP contribution in [0.2, 0.25) is 0 Å². The Hall–Kier alpha value is -2.15. The topological polar surface area (TPSA) is 101 Å². The van der Waals surface area contributed by atoms with E-state index in [2.05, 4.69) is 15.6 Å². The molecule has 3 N–H and O–H groups in total. The molecular weight excluding hydrogens is 262 g/mol. The second-order valence-corrected chi connectivity index (χ2v) is 4.58. The molecular formula is C13H17N3O4. The average molecular weight is 279 g/mol. The van der Waals surface area contributed by atoms with Crippen molar-refractivity contribution in [3.8, 4) is 0 Å². The molecule has 1 aromatic rings. The standard InChI is InChI=1S/C13H17N3O4/c17-12(18)9-3-4-14-11(6-9)7-15-13(19)16-10-2-1-5-20-8-10/h3-4,6,10H,1-2,5,7-8H2,(H,17,18)(H2,15,16,19). The van der Waals surface area contributed by atoms with E-state index in [1.807, 2.05) is 0 Å². The Labute approximate surface area is 116 Å². The summed E-state index contributed by atoms with van der Waals surface area (Å²) in [6.07, 6.45) is 3.25. The van der Waals surface area contributed by atoms with Crippen molar-refractivity contribution in [3.63, 3.8) is 0 Å². The number of nitrogens with one attached hydrogen (secondary N) is 2. The lowest BCUT2D eigenvalue weighted by Gasteiger charge is -2.23. The van der Waals surface area contributed by atoms with Gasteiger partial charge in [0.05, 0.1) is 30.5 Å². The van der Waals surface area contributed by atoms with Gasteiger partial charge in [-0.15, -0.1) is 0 Å². The molecule has 2 amide bonds. The highest BCUT2D eigenvalue weighted by molar-refractivity contribution is 5.87. The summed E-state index contributed by atoms with van der Waals surface area (Å²) in [6.45, 7) is 1.45. The summed E-state index contributed by atoms with van der Waals surface area (Å²) in [6, 6.07) is 2.57. The number of aromatic nitrogens is 1. The zero-order valence-corrected chi connectivity index (χ0v) is 11.0. The fourth-order valence-corrected chi connectivity index (χ4v) is 1.97. The first-order chi connectivity index (χ1) is 9.65. The van der Waals surface area contributed by atoms with Crippen LogP contribution in [-0.2, 0) is 11.3 Å². The molecule has 1 saturated heterocycles. The van der Waals surface area contributed by atoms with Crippen molar-refractivity contribution in [2.45, 2.75) is 25.4 Å². The third kappa shape index (κ3) is 4.20. The normalized spacial score (nSPS) is 18.3. The summed E-state index contributed by atoms with van der Waals surface area (Å²) in [4.78, 5) is 26.5. The monoisotopic (exact) mass is 279 g/mol. The van der Waals surface area contributed by atoms with E-state index in [0.717, 1.165) is 19.4 Å². The van der Waals surface area contributed by atoms with Gasteiger partial charge in [-0.3, -0.25) is 4.98 Å². The molecule has 0 saturated carbocycles. The Balaban J connectivity index is 1.80. The van der Waals surface area contributed by atoms with Crippen molar-refractivity contribution in [3.05, 3.63) is 29.6 Å². The van der Waals surface area contributed by atoms with Crippen molar-refractivity contribution in [2.24, 2.45) is 0 Å². The predicted molar refractivity (Wildman–Crippen MR) is 70.4 cm³/mol. The first-order valence-corrected chi connectivity index (χ1v) is 6.45. The molecule has 1 fully saturated rings. The zero-order valence-electron chi connectivity index (χ0n) is 11.0. The van der Waals surface area contributed by atoms with Crippen LogP contribution in [0.1, 0.15) is 28.9 Å². The first-order valence-electron chi connectivity index (χ1n) is 6.45. The highest BCUT2D eigenvalue weighted by Gasteiger charge is 2.15. The molecule has 0 radical (unpaired) electrons. The van der Waals surface area contributed by atoms with Gasteiger partial charge in [0.2, 0.25) is 0 Å². The minimum atomic E-state index is -1.02. The van der Waals surface area contributed by atoms with Gasteiger partial charge in [0.1, 0.15) is 0 Å². The van der Waals surface area contributed by atoms with Crippen LogP contribution >= 0.6 is 0 Å². The van der Waals surface area contributed by atoms with Crippen LogP contribution in [-0.4, -0.2) is 41.3 Å². The number of nitrogens with zero attached hydrogens (tertiary/aromatic N) is 1. The van der Waals surface area contributed by atoms with E-state index in [1.165, 1.54) is 18.3 Å². The van der Waals surface area contributed by atoms with Gasteiger partial charge in [-0.2, -0.15) is 0 Å². The number of hydrogen-bond acceptors (Lipinski definition) is 4. The van der Waals surface area contributed by atoms with E-state index >= 15 is 0 Å². The molecule has 7 nitrogen and oxygen atoms in total. The highest BCUT2D eigenvalue weighted by atomic mass is 16.5. The number of urea groups is 1. The summed E-state index contributed by atoms with van der Waals surface area (Å²) in [5.74, 6) is -1.02. The molecule has 7 heteroatoms. The second-order valence-electron chi connectivity index (χ2n) is 4.58. The van der Waals surface area contributed by atoms with Crippen LogP contribution in [0.15, 0.2) is 18.3 Å². The molecule has 1 aliphatic heterocycles. The van der Waals surface area contributed by atoms with Crippen molar-refractivity contribution in [1.29, 1.82) is 0 Å². The van der Waals surface area contributed by atoms with Crippen LogP contribution in [0.5, 0.6) is 0 Å². The maximum absolute atomic E-state index is 11.7. The minimum Gasteiger partial charge on any atom is -0.478 e. The molecule has 1 aromatic heterocycles. The SMILES string of the molecule is O=C(NCc1cc(C(=O)O)ccn1)NC1CCCOC1. The summed E-state index contributed by atoms with van der Waals surface area (Å²) in [5, 5.41) is 14.3. The molecule has 0 bridgehead atoms. The molecule has 0 spiro atoms. The third-order valence-corrected chi connectivity index (χ3v) is 2.99. The van der Waals surface area contributed by atoms with Gasteiger partial charge < -0.3 is 20.5 Å². The van der Waals surface area contributed by atoms with Crippen LogP contribution in [0.25, 0.3) is 0 Å². The molecule has 1 aliphatic rings. The molecule has 0 aliphatic carbocycles. The van der Waals surface area contributed by atoms with Gasteiger partial charge in [-0.25, -0.2) is 9.59 Å². The molecule has 2 heterocycles. The number of carboxylic acids is 1. The smallest absolute Gasteiger partial charge is 0.335 e. The Morgan fingerprint density at radius 1 is 1.50 bits per heavy atom. The fraction of sp³-hybridized carbons (Fsp3) is 0.462. The van der Waals surface area contributed by atoms with Gasteiger partial charge in [0.15, 0.2) is 0 Å².